The minimum Gasteiger partial charge on any atom is -0.389 e. The third-order valence-electron chi connectivity index (χ3n) is 4.77. The first kappa shape index (κ1) is 18.9. The van der Waals surface area contributed by atoms with Gasteiger partial charge in [-0.15, -0.1) is 0 Å². The molecular formula is C17H36N2O2. The molecule has 0 spiro atoms. The molecule has 2 N–H and O–H groups in total. The van der Waals surface area contributed by atoms with Gasteiger partial charge in [0, 0.05) is 25.7 Å². The highest BCUT2D eigenvalue weighted by molar-refractivity contribution is 4.75. The second kappa shape index (κ2) is 10.5. The summed E-state index contributed by atoms with van der Waals surface area (Å²) in [6, 6.07) is 0.567. The lowest BCUT2D eigenvalue weighted by atomic mass is 9.85. The van der Waals surface area contributed by atoms with Gasteiger partial charge in [0.05, 0.1) is 18.8 Å². The molecule has 0 radical (unpaired) electrons. The van der Waals surface area contributed by atoms with Crippen LogP contribution in [0.2, 0.25) is 0 Å². The van der Waals surface area contributed by atoms with Crippen molar-refractivity contribution in [3.8, 4) is 0 Å². The fraction of sp³-hybridized carbons (Fsp3) is 1.00. The Bertz CT molecular complexity index is 261. The fourth-order valence-electron chi connectivity index (χ4n) is 2.94. The largest absolute Gasteiger partial charge is 0.389 e. The minimum absolute atomic E-state index is 0.366. The molecule has 126 valence electrons. The van der Waals surface area contributed by atoms with E-state index in [1.54, 1.807) is 0 Å². The number of rotatable bonds is 10. The number of nitrogens with one attached hydrogen (secondary N) is 1. The van der Waals surface area contributed by atoms with E-state index in [1.165, 1.54) is 25.7 Å². The second-order valence-electron chi connectivity index (χ2n) is 6.76. The van der Waals surface area contributed by atoms with Gasteiger partial charge in [-0.3, -0.25) is 0 Å². The van der Waals surface area contributed by atoms with E-state index >= 15 is 0 Å². The molecule has 0 amide bonds. The van der Waals surface area contributed by atoms with Crippen molar-refractivity contribution in [2.45, 2.75) is 71.1 Å². The van der Waals surface area contributed by atoms with Gasteiger partial charge in [-0.2, -0.15) is 0 Å². The quantitative estimate of drug-likeness (QED) is 0.608. The van der Waals surface area contributed by atoms with Crippen molar-refractivity contribution in [1.82, 2.24) is 10.2 Å². The van der Waals surface area contributed by atoms with Gasteiger partial charge >= 0.3 is 0 Å². The molecule has 1 rings (SSSR count). The van der Waals surface area contributed by atoms with Crippen molar-refractivity contribution < 1.29 is 9.84 Å². The molecule has 3 atom stereocenters. The first-order chi connectivity index (χ1) is 10.0. The van der Waals surface area contributed by atoms with E-state index in [9.17, 15) is 5.11 Å². The third kappa shape index (κ3) is 7.59. The number of likely N-dealkylation sites (N-methyl/N-ethyl adjacent to an activating group) is 1. The standard InChI is InChI=1S/C17H36N2O2/c1-5-15-8-6-7-9-17(15)21-13-16(20)12-18-10-11-19(4)14(2)3/h14-18,20H,5-13H2,1-4H3. The molecule has 0 aromatic heterocycles. The fourth-order valence-corrected chi connectivity index (χ4v) is 2.94. The van der Waals surface area contributed by atoms with Crippen LogP contribution in [0.1, 0.15) is 52.9 Å². The zero-order valence-corrected chi connectivity index (χ0v) is 14.5. The Morgan fingerprint density at radius 3 is 2.67 bits per heavy atom. The third-order valence-corrected chi connectivity index (χ3v) is 4.77. The number of hydrogen-bond donors (Lipinski definition) is 2. The molecule has 0 aromatic carbocycles. The van der Waals surface area contributed by atoms with Crippen LogP contribution in [0.5, 0.6) is 0 Å². The van der Waals surface area contributed by atoms with Gasteiger partial charge in [-0.1, -0.05) is 26.2 Å². The van der Waals surface area contributed by atoms with Crippen LogP contribution in [0.15, 0.2) is 0 Å². The number of ether oxygens (including phenoxy) is 1. The van der Waals surface area contributed by atoms with Crippen LogP contribution >= 0.6 is 0 Å². The van der Waals surface area contributed by atoms with Crippen LogP contribution in [-0.4, -0.2) is 61.5 Å². The van der Waals surface area contributed by atoms with Crippen molar-refractivity contribution in [3.05, 3.63) is 0 Å². The van der Waals surface area contributed by atoms with E-state index in [1.807, 2.05) is 0 Å². The molecule has 1 saturated carbocycles. The second-order valence-corrected chi connectivity index (χ2v) is 6.76. The van der Waals surface area contributed by atoms with Gasteiger partial charge in [0.25, 0.3) is 0 Å². The zero-order chi connectivity index (χ0) is 15.7. The van der Waals surface area contributed by atoms with E-state index in [2.05, 4.69) is 38.0 Å². The molecule has 0 bridgehead atoms. The molecule has 1 aliphatic rings. The van der Waals surface area contributed by atoms with Crippen LogP contribution in [0, 0.1) is 5.92 Å². The summed E-state index contributed by atoms with van der Waals surface area (Å²) in [5.74, 6) is 0.693. The first-order valence-corrected chi connectivity index (χ1v) is 8.75. The summed E-state index contributed by atoms with van der Waals surface area (Å²) >= 11 is 0. The summed E-state index contributed by atoms with van der Waals surface area (Å²) in [6.07, 6.45) is 6.23. The van der Waals surface area contributed by atoms with Gasteiger partial charge in [0.15, 0.2) is 0 Å². The molecular weight excluding hydrogens is 264 g/mol. The van der Waals surface area contributed by atoms with E-state index in [-0.39, 0.29) is 0 Å². The maximum Gasteiger partial charge on any atom is 0.0897 e. The lowest BCUT2D eigenvalue weighted by Crippen LogP contribution is -2.38. The van der Waals surface area contributed by atoms with Crippen LogP contribution in [-0.2, 0) is 4.74 Å². The number of aliphatic hydroxyl groups excluding tert-OH is 1. The van der Waals surface area contributed by atoms with E-state index < -0.39 is 6.10 Å². The smallest absolute Gasteiger partial charge is 0.0897 e. The molecule has 0 aliphatic heterocycles. The maximum atomic E-state index is 10.0. The van der Waals surface area contributed by atoms with Crippen LogP contribution in [0.4, 0.5) is 0 Å². The topological polar surface area (TPSA) is 44.7 Å². The first-order valence-electron chi connectivity index (χ1n) is 8.75. The Labute approximate surface area is 131 Å². The van der Waals surface area contributed by atoms with Gasteiger partial charge in [-0.25, -0.2) is 0 Å². The summed E-state index contributed by atoms with van der Waals surface area (Å²) in [6.45, 7) is 9.63. The van der Waals surface area contributed by atoms with Crippen molar-refractivity contribution in [2.75, 3.05) is 33.3 Å². The SMILES string of the molecule is CCC1CCCCC1OCC(O)CNCCN(C)C(C)C. The molecule has 0 saturated heterocycles. The van der Waals surface area contributed by atoms with Crippen LogP contribution in [0.25, 0.3) is 0 Å². The number of aliphatic hydroxyl groups is 1. The molecule has 0 heterocycles. The highest BCUT2D eigenvalue weighted by atomic mass is 16.5. The van der Waals surface area contributed by atoms with Gasteiger partial charge in [-0.05, 0) is 39.7 Å². The van der Waals surface area contributed by atoms with Crippen molar-refractivity contribution in [2.24, 2.45) is 5.92 Å². The monoisotopic (exact) mass is 300 g/mol. The van der Waals surface area contributed by atoms with E-state index in [4.69, 9.17) is 4.74 Å². The molecule has 0 aromatic rings. The maximum absolute atomic E-state index is 10.0. The highest BCUT2D eigenvalue weighted by Crippen LogP contribution is 2.29. The Hall–Kier alpha value is -0.160. The number of hydrogen-bond acceptors (Lipinski definition) is 4. The Balaban J connectivity index is 2.09. The predicted molar refractivity (Wildman–Crippen MR) is 88.6 cm³/mol. The van der Waals surface area contributed by atoms with Crippen molar-refractivity contribution >= 4 is 0 Å². The molecule has 21 heavy (non-hydrogen) atoms. The Kier molecular flexibility index (Phi) is 9.49. The Morgan fingerprint density at radius 2 is 2.00 bits per heavy atom. The lowest BCUT2D eigenvalue weighted by Gasteiger charge is -2.31. The minimum atomic E-state index is -0.395. The number of nitrogens with zero attached hydrogens (tertiary/aromatic N) is 1. The summed E-state index contributed by atoms with van der Waals surface area (Å²) in [4.78, 5) is 2.30. The molecule has 4 nitrogen and oxygen atoms in total. The Morgan fingerprint density at radius 1 is 1.29 bits per heavy atom. The molecule has 3 unspecified atom stereocenters. The average Bonchev–Trinajstić information content (AvgIpc) is 2.49. The molecule has 4 heteroatoms. The van der Waals surface area contributed by atoms with E-state index in [0.29, 0.717) is 31.2 Å². The van der Waals surface area contributed by atoms with Crippen LogP contribution in [0.3, 0.4) is 0 Å². The van der Waals surface area contributed by atoms with Gasteiger partial charge in [0.2, 0.25) is 0 Å². The molecule has 1 aliphatic carbocycles. The van der Waals surface area contributed by atoms with Crippen molar-refractivity contribution in [3.63, 3.8) is 0 Å². The summed E-state index contributed by atoms with van der Waals surface area (Å²) in [5, 5.41) is 13.3. The lowest BCUT2D eigenvalue weighted by molar-refractivity contribution is -0.0499. The summed E-state index contributed by atoms with van der Waals surface area (Å²) < 4.78 is 5.96. The summed E-state index contributed by atoms with van der Waals surface area (Å²) in [7, 11) is 2.12. The van der Waals surface area contributed by atoms with Gasteiger partial charge < -0.3 is 20.1 Å². The zero-order valence-electron chi connectivity index (χ0n) is 14.5. The average molecular weight is 300 g/mol. The van der Waals surface area contributed by atoms with E-state index in [0.717, 1.165) is 19.5 Å². The summed E-state index contributed by atoms with van der Waals surface area (Å²) in [5.41, 5.74) is 0. The van der Waals surface area contributed by atoms with Crippen LogP contribution < -0.4 is 5.32 Å². The van der Waals surface area contributed by atoms with Crippen molar-refractivity contribution in [1.29, 1.82) is 0 Å². The predicted octanol–water partition coefficient (Wildman–Crippen LogP) is 2.26. The normalized spacial score (nSPS) is 24.7. The highest BCUT2D eigenvalue weighted by Gasteiger charge is 2.24. The molecule has 1 fully saturated rings. The van der Waals surface area contributed by atoms with Gasteiger partial charge in [0.1, 0.15) is 0 Å².